The van der Waals surface area contributed by atoms with E-state index in [1.165, 1.54) is 30.3 Å². The zero-order valence-corrected chi connectivity index (χ0v) is 17.4. The molecular formula is C24H17ClN2O5. The van der Waals surface area contributed by atoms with Crippen LogP contribution in [-0.2, 0) is 11.2 Å². The molecule has 0 saturated heterocycles. The van der Waals surface area contributed by atoms with Gasteiger partial charge < -0.3 is 10.4 Å². The van der Waals surface area contributed by atoms with Crippen LogP contribution in [0.3, 0.4) is 0 Å². The van der Waals surface area contributed by atoms with E-state index < -0.39 is 29.7 Å². The molecule has 1 heterocycles. The molecule has 32 heavy (non-hydrogen) atoms. The van der Waals surface area contributed by atoms with E-state index in [0.717, 1.165) is 10.5 Å². The maximum absolute atomic E-state index is 13.1. The highest BCUT2D eigenvalue weighted by molar-refractivity contribution is 6.36. The maximum Gasteiger partial charge on any atom is 0.326 e. The van der Waals surface area contributed by atoms with Crippen molar-refractivity contribution in [2.45, 2.75) is 12.5 Å². The first-order valence-corrected chi connectivity index (χ1v) is 10.1. The molecule has 3 amide bonds. The predicted molar refractivity (Wildman–Crippen MR) is 118 cm³/mol. The summed E-state index contributed by atoms with van der Waals surface area (Å²) in [5.74, 6) is -3.11. The molecule has 1 unspecified atom stereocenters. The SMILES string of the molecule is O=C(NC(Cc1ccccc1)C(=O)O)c1cc(Cl)ccc1N1C(=O)c2ccccc2C1=O. The molecule has 160 valence electrons. The van der Waals surface area contributed by atoms with Gasteiger partial charge in [-0.3, -0.25) is 14.4 Å². The third-order valence-electron chi connectivity index (χ3n) is 5.12. The molecule has 0 saturated carbocycles. The number of carboxylic acid groups (broad SMARTS) is 1. The Morgan fingerprint density at radius 3 is 2.09 bits per heavy atom. The molecule has 0 bridgehead atoms. The third kappa shape index (κ3) is 3.98. The fourth-order valence-electron chi connectivity index (χ4n) is 3.58. The molecule has 1 aliphatic heterocycles. The summed E-state index contributed by atoms with van der Waals surface area (Å²) in [6, 6.07) is 18.1. The highest BCUT2D eigenvalue weighted by Crippen LogP contribution is 2.32. The second-order valence-electron chi connectivity index (χ2n) is 7.21. The minimum atomic E-state index is -1.22. The molecule has 8 heteroatoms. The van der Waals surface area contributed by atoms with Crippen molar-refractivity contribution < 1.29 is 24.3 Å². The van der Waals surface area contributed by atoms with E-state index in [-0.39, 0.29) is 33.8 Å². The average Bonchev–Trinajstić information content (AvgIpc) is 3.04. The number of rotatable bonds is 6. The largest absolute Gasteiger partial charge is 0.480 e. The highest BCUT2D eigenvalue weighted by atomic mass is 35.5. The lowest BCUT2D eigenvalue weighted by Gasteiger charge is -2.20. The molecule has 1 atom stereocenters. The Labute approximate surface area is 188 Å². The number of anilines is 1. The zero-order valence-electron chi connectivity index (χ0n) is 16.6. The van der Waals surface area contributed by atoms with Crippen molar-refractivity contribution in [3.05, 3.63) is 100 Å². The predicted octanol–water partition coefficient (Wildman–Crippen LogP) is 3.57. The van der Waals surface area contributed by atoms with Crippen molar-refractivity contribution in [2.75, 3.05) is 4.90 Å². The Morgan fingerprint density at radius 2 is 1.50 bits per heavy atom. The van der Waals surface area contributed by atoms with Crippen LogP contribution in [0.1, 0.15) is 36.6 Å². The van der Waals surface area contributed by atoms with E-state index in [1.54, 1.807) is 42.5 Å². The molecule has 3 aromatic carbocycles. The molecule has 0 aliphatic carbocycles. The number of amides is 3. The fraction of sp³-hybridized carbons (Fsp3) is 0.0833. The van der Waals surface area contributed by atoms with Crippen molar-refractivity contribution in [3.8, 4) is 0 Å². The quantitative estimate of drug-likeness (QED) is 0.561. The smallest absolute Gasteiger partial charge is 0.326 e. The van der Waals surface area contributed by atoms with E-state index in [1.807, 2.05) is 0 Å². The van der Waals surface area contributed by atoms with Gasteiger partial charge in [-0.2, -0.15) is 0 Å². The first kappa shape index (κ1) is 21.3. The fourth-order valence-corrected chi connectivity index (χ4v) is 3.75. The van der Waals surface area contributed by atoms with Crippen molar-refractivity contribution in [1.82, 2.24) is 5.32 Å². The van der Waals surface area contributed by atoms with Gasteiger partial charge >= 0.3 is 5.97 Å². The number of hydrogen-bond donors (Lipinski definition) is 2. The van der Waals surface area contributed by atoms with Gasteiger partial charge in [0, 0.05) is 11.4 Å². The number of aliphatic carboxylic acids is 1. The van der Waals surface area contributed by atoms with Crippen LogP contribution in [0.4, 0.5) is 5.69 Å². The molecule has 0 radical (unpaired) electrons. The number of benzene rings is 3. The number of carboxylic acids is 1. The number of hydrogen-bond acceptors (Lipinski definition) is 4. The van der Waals surface area contributed by atoms with E-state index in [9.17, 15) is 24.3 Å². The summed E-state index contributed by atoms with van der Waals surface area (Å²) in [5.41, 5.74) is 1.14. The van der Waals surface area contributed by atoms with Gasteiger partial charge in [-0.25, -0.2) is 9.69 Å². The summed E-state index contributed by atoms with van der Waals surface area (Å²) in [6.45, 7) is 0. The van der Waals surface area contributed by atoms with Crippen LogP contribution in [0, 0.1) is 0 Å². The summed E-state index contributed by atoms with van der Waals surface area (Å²) in [6.07, 6.45) is 0.0603. The van der Waals surface area contributed by atoms with Crippen LogP contribution in [0.5, 0.6) is 0 Å². The monoisotopic (exact) mass is 448 g/mol. The molecule has 3 aromatic rings. The van der Waals surface area contributed by atoms with Crippen LogP contribution >= 0.6 is 11.6 Å². The summed E-state index contributed by atoms with van der Waals surface area (Å²) < 4.78 is 0. The van der Waals surface area contributed by atoms with Crippen molar-refractivity contribution in [2.24, 2.45) is 0 Å². The van der Waals surface area contributed by atoms with Gasteiger partial charge in [-0.15, -0.1) is 0 Å². The number of nitrogens with one attached hydrogen (secondary N) is 1. The van der Waals surface area contributed by atoms with Gasteiger partial charge in [0.25, 0.3) is 17.7 Å². The van der Waals surface area contributed by atoms with Gasteiger partial charge in [0.05, 0.1) is 22.4 Å². The van der Waals surface area contributed by atoms with Crippen LogP contribution in [-0.4, -0.2) is 34.8 Å². The third-order valence-corrected chi connectivity index (χ3v) is 5.36. The first-order valence-electron chi connectivity index (χ1n) is 9.72. The number of carbonyl (C=O) groups is 4. The summed E-state index contributed by atoms with van der Waals surface area (Å²) in [5, 5.41) is 12.3. The second kappa shape index (κ2) is 8.64. The van der Waals surface area contributed by atoms with E-state index in [4.69, 9.17) is 11.6 Å². The lowest BCUT2D eigenvalue weighted by molar-refractivity contribution is -0.139. The molecule has 0 fully saturated rings. The minimum Gasteiger partial charge on any atom is -0.480 e. The Bertz CT molecular complexity index is 1210. The van der Waals surface area contributed by atoms with Crippen LogP contribution < -0.4 is 10.2 Å². The highest BCUT2D eigenvalue weighted by Gasteiger charge is 2.38. The zero-order chi connectivity index (χ0) is 22.8. The molecule has 1 aliphatic rings. The maximum atomic E-state index is 13.1. The van der Waals surface area contributed by atoms with Crippen LogP contribution in [0.25, 0.3) is 0 Å². The van der Waals surface area contributed by atoms with E-state index >= 15 is 0 Å². The lowest BCUT2D eigenvalue weighted by Crippen LogP contribution is -2.43. The number of carbonyl (C=O) groups excluding carboxylic acids is 3. The molecule has 7 nitrogen and oxygen atoms in total. The van der Waals surface area contributed by atoms with Crippen LogP contribution in [0.2, 0.25) is 5.02 Å². The number of fused-ring (bicyclic) bond motifs is 1. The first-order chi connectivity index (χ1) is 15.4. The standard InChI is InChI=1S/C24H17ClN2O5/c25-15-10-11-20(27-22(29)16-8-4-5-9-17(16)23(27)30)18(13-15)21(28)26-19(24(31)32)12-14-6-2-1-3-7-14/h1-11,13,19H,12H2,(H,26,28)(H,31,32). The Kier molecular flexibility index (Phi) is 5.75. The summed E-state index contributed by atoms with van der Waals surface area (Å²) in [4.78, 5) is 51.5. The summed E-state index contributed by atoms with van der Waals surface area (Å²) in [7, 11) is 0. The summed E-state index contributed by atoms with van der Waals surface area (Å²) >= 11 is 6.07. The Morgan fingerprint density at radius 1 is 0.906 bits per heavy atom. The number of halogens is 1. The van der Waals surface area contributed by atoms with Crippen molar-refractivity contribution >= 4 is 41.0 Å². The topological polar surface area (TPSA) is 104 Å². The normalized spacial score (nSPS) is 13.6. The van der Waals surface area contributed by atoms with Gasteiger partial charge in [-0.1, -0.05) is 54.1 Å². The van der Waals surface area contributed by atoms with Crippen molar-refractivity contribution in [3.63, 3.8) is 0 Å². The number of nitrogens with zero attached hydrogens (tertiary/aromatic N) is 1. The molecule has 0 spiro atoms. The van der Waals surface area contributed by atoms with E-state index in [2.05, 4.69) is 5.32 Å². The Hall–Kier alpha value is -3.97. The number of imide groups is 1. The molecular weight excluding hydrogens is 432 g/mol. The van der Waals surface area contributed by atoms with Crippen LogP contribution in [0.15, 0.2) is 72.8 Å². The second-order valence-corrected chi connectivity index (χ2v) is 7.64. The van der Waals surface area contributed by atoms with Crippen molar-refractivity contribution in [1.29, 1.82) is 0 Å². The minimum absolute atomic E-state index is 0.0296. The lowest BCUT2D eigenvalue weighted by atomic mass is 10.0. The molecule has 0 aromatic heterocycles. The Balaban J connectivity index is 1.66. The van der Waals surface area contributed by atoms with Gasteiger partial charge in [0.2, 0.25) is 0 Å². The van der Waals surface area contributed by atoms with Gasteiger partial charge in [0.1, 0.15) is 6.04 Å². The molecule has 2 N–H and O–H groups in total. The molecule has 4 rings (SSSR count). The average molecular weight is 449 g/mol. The van der Waals surface area contributed by atoms with Gasteiger partial charge in [-0.05, 0) is 35.9 Å². The van der Waals surface area contributed by atoms with E-state index in [0.29, 0.717) is 0 Å². The van der Waals surface area contributed by atoms with Gasteiger partial charge in [0.15, 0.2) is 0 Å².